The van der Waals surface area contributed by atoms with Crippen LogP contribution in [0.3, 0.4) is 0 Å². The minimum atomic E-state index is -0.958. The number of aromatic nitrogens is 1. The number of carboxylic acids is 1. The fourth-order valence-corrected chi connectivity index (χ4v) is 3.57. The standard InChI is InChI=1S/C18H23N3O3S/c1-14-19-16(13-25-14)11-21-8-6-20(7-9-21)10-15-4-2-3-5-17(15)24-12-18(22)23/h2-5,13H,6-12H2,1H3,(H,22,23). The van der Waals surface area contributed by atoms with E-state index >= 15 is 0 Å². The molecule has 0 aliphatic carbocycles. The number of aliphatic carboxylic acids is 1. The molecule has 1 aromatic carbocycles. The number of hydrogen-bond donors (Lipinski definition) is 1. The summed E-state index contributed by atoms with van der Waals surface area (Å²) in [7, 11) is 0. The van der Waals surface area contributed by atoms with Gasteiger partial charge in [0.1, 0.15) is 5.75 Å². The van der Waals surface area contributed by atoms with E-state index in [1.807, 2.05) is 31.2 Å². The van der Waals surface area contributed by atoms with Crippen LogP contribution in [0.25, 0.3) is 0 Å². The first-order valence-electron chi connectivity index (χ1n) is 8.38. The fraction of sp³-hybridized carbons (Fsp3) is 0.444. The Balaban J connectivity index is 1.51. The van der Waals surface area contributed by atoms with E-state index in [0.29, 0.717) is 5.75 Å². The molecule has 0 atom stereocenters. The molecule has 1 aliphatic rings. The number of carbonyl (C=O) groups is 1. The molecule has 7 heteroatoms. The number of para-hydroxylation sites is 1. The van der Waals surface area contributed by atoms with E-state index < -0.39 is 5.97 Å². The monoisotopic (exact) mass is 361 g/mol. The second-order valence-electron chi connectivity index (χ2n) is 6.20. The van der Waals surface area contributed by atoms with Crippen molar-refractivity contribution in [2.24, 2.45) is 0 Å². The Morgan fingerprint density at radius 2 is 1.88 bits per heavy atom. The predicted octanol–water partition coefficient (Wildman–Crippen LogP) is 2.23. The first-order valence-corrected chi connectivity index (χ1v) is 9.26. The maximum atomic E-state index is 10.7. The number of benzene rings is 1. The van der Waals surface area contributed by atoms with Crippen LogP contribution in [0.5, 0.6) is 5.75 Å². The van der Waals surface area contributed by atoms with Gasteiger partial charge in [-0.05, 0) is 13.0 Å². The van der Waals surface area contributed by atoms with Gasteiger partial charge in [-0.15, -0.1) is 11.3 Å². The number of piperazine rings is 1. The average Bonchev–Trinajstić information content (AvgIpc) is 3.01. The van der Waals surface area contributed by atoms with Crippen LogP contribution in [0.1, 0.15) is 16.3 Å². The van der Waals surface area contributed by atoms with Gasteiger partial charge in [-0.2, -0.15) is 0 Å². The molecule has 1 N–H and O–H groups in total. The van der Waals surface area contributed by atoms with Crippen molar-refractivity contribution >= 4 is 17.3 Å². The van der Waals surface area contributed by atoms with Gasteiger partial charge in [0.05, 0.1) is 10.7 Å². The van der Waals surface area contributed by atoms with Crippen molar-refractivity contribution in [2.75, 3.05) is 32.8 Å². The Morgan fingerprint density at radius 1 is 1.20 bits per heavy atom. The van der Waals surface area contributed by atoms with Gasteiger partial charge in [-0.3, -0.25) is 9.80 Å². The molecule has 1 fully saturated rings. The van der Waals surface area contributed by atoms with Crippen LogP contribution in [0.15, 0.2) is 29.6 Å². The molecule has 2 heterocycles. The molecule has 3 rings (SSSR count). The van der Waals surface area contributed by atoms with Crippen LogP contribution in [0.4, 0.5) is 0 Å². The molecule has 0 radical (unpaired) electrons. The number of hydrogen-bond acceptors (Lipinski definition) is 6. The van der Waals surface area contributed by atoms with Crippen molar-refractivity contribution in [3.05, 3.63) is 45.9 Å². The minimum Gasteiger partial charge on any atom is -0.482 e. The van der Waals surface area contributed by atoms with E-state index in [1.165, 1.54) is 0 Å². The minimum absolute atomic E-state index is 0.308. The molecule has 0 bridgehead atoms. The third-order valence-electron chi connectivity index (χ3n) is 4.23. The number of carboxylic acid groups (broad SMARTS) is 1. The Morgan fingerprint density at radius 3 is 2.52 bits per heavy atom. The highest BCUT2D eigenvalue weighted by atomic mass is 32.1. The summed E-state index contributed by atoms with van der Waals surface area (Å²) < 4.78 is 5.40. The maximum absolute atomic E-state index is 10.7. The molecule has 25 heavy (non-hydrogen) atoms. The maximum Gasteiger partial charge on any atom is 0.341 e. The molecular weight excluding hydrogens is 338 g/mol. The Kier molecular flexibility index (Phi) is 6.01. The summed E-state index contributed by atoms with van der Waals surface area (Å²) in [4.78, 5) is 20.1. The van der Waals surface area contributed by atoms with Gasteiger partial charge in [0, 0.05) is 50.2 Å². The first kappa shape index (κ1) is 17.8. The predicted molar refractivity (Wildman–Crippen MR) is 97.0 cm³/mol. The zero-order chi connectivity index (χ0) is 17.6. The van der Waals surface area contributed by atoms with E-state index in [2.05, 4.69) is 20.2 Å². The van der Waals surface area contributed by atoms with Crippen molar-refractivity contribution < 1.29 is 14.6 Å². The van der Waals surface area contributed by atoms with Gasteiger partial charge in [0.25, 0.3) is 0 Å². The molecular formula is C18H23N3O3S. The van der Waals surface area contributed by atoms with Crippen molar-refractivity contribution in [1.29, 1.82) is 0 Å². The summed E-state index contributed by atoms with van der Waals surface area (Å²) in [5.74, 6) is -0.300. The van der Waals surface area contributed by atoms with Gasteiger partial charge in [-0.25, -0.2) is 9.78 Å². The first-order chi connectivity index (χ1) is 12.1. The quantitative estimate of drug-likeness (QED) is 0.816. The number of ether oxygens (including phenoxy) is 1. The molecule has 1 aromatic heterocycles. The lowest BCUT2D eigenvalue weighted by atomic mass is 10.1. The number of rotatable bonds is 7. The zero-order valence-corrected chi connectivity index (χ0v) is 15.2. The van der Waals surface area contributed by atoms with Crippen LogP contribution in [-0.2, 0) is 17.9 Å². The van der Waals surface area contributed by atoms with Crippen molar-refractivity contribution in [3.8, 4) is 5.75 Å². The van der Waals surface area contributed by atoms with Crippen molar-refractivity contribution in [1.82, 2.24) is 14.8 Å². The highest BCUT2D eigenvalue weighted by Gasteiger charge is 2.19. The van der Waals surface area contributed by atoms with E-state index in [-0.39, 0.29) is 6.61 Å². The van der Waals surface area contributed by atoms with Crippen LogP contribution in [0, 0.1) is 6.92 Å². The number of thiazole rings is 1. The molecule has 2 aromatic rings. The average molecular weight is 361 g/mol. The lowest BCUT2D eigenvalue weighted by Gasteiger charge is -2.34. The van der Waals surface area contributed by atoms with Gasteiger partial charge >= 0.3 is 5.97 Å². The van der Waals surface area contributed by atoms with Gasteiger partial charge in [0.15, 0.2) is 6.61 Å². The third kappa shape index (κ3) is 5.26. The topological polar surface area (TPSA) is 65.9 Å². The summed E-state index contributed by atoms with van der Waals surface area (Å²) in [6, 6.07) is 7.67. The van der Waals surface area contributed by atoms with Crippen LogP contribution in [0.2, 0.25) is 0 Å². The molecule has 0 unspecified atom stereocenters. The number of nitrogens with zero attached hydrogens (tertiary/aromatic N) is 3. The molecule has 1 aliphatic heterocycles. The van der Waals surface area contributed by atoms with Crippen LogP contribution in [-0.4, -0.2) is 58.6 Å². The summed E-state index contributed by atoms with van der Waals surface area (Å²) in [5.41, 5.74) is 2.19. The Bertz CT molecular complexity index is 711. The smallest absolute Gasteiger partial charge is 0.341 e. The third-order valence-corrected chi connectivity index (χ3v) is 5.06. The SMILES string of the molecule is Cc1nc(CN2CCN(Cc3ccccc3OCC(=O)O)CC2)cs1. The van der Waals surface area contributed by atoms with E-state index in [0.717, 1.165) is 55.5 Å². The molecule has 1 saturated heterocycles. The summed E-state index contributed by atoms with van der Waals surface area (Å²) in [6.07, 6.45) is 0. The summed E-state index contributed by atoms with van der Waals surface area (Å²) in [6.45, 7) is 7.40. The molecule has 134 valence electrons. The lowest BCUT2D eigenvalue weighted by Crippen LogP contribution is -2.45. The lowest BCUT2D eigenvalue weighted by molar-refractivity contribution is -0.139. The zero-order valence-electron chi connectivity index (χ0n) is 14.4. The van der Waals surface area contributed by atoms with Crippen molar-refractivity contribution in [3.63, 3.8) is 0 Å². The highest BCUT2D eigenvalue weighted by Crippen LogP contribution is 2.21. The van der Waals surface area contributed by atoms with Crippen LogP contribution >= 0.6 is 11.3 Å². The Labute approximate surface area is 151 Å². The molecule has 0 saturated carbocycles. The second kappa shape index (κ2) is 8.42. The van der Waals surface area contributed by atoms with Gasteiger partial charge in [0.2, 0.25) is 0 Å². The second-order valence-corrected chi connectivity index (χ2v) is 7.26. The largest absolute Gasteiger partial charge is 0.482 e. The summed E-state index contributed by atoms with van der Waals surface area (Å²) >= 11 is 1.70. The molecule has 0 amide bonds. The molecule has 6 nitrogen and oxygen atoms in total. The van der Waals surface area contributed by atoms with E-state index in [1.54, 1.807) is 11.3 Å². The van der Waals surface area contributed by atoms with E-state index in [9.17, 15) is 4.79 Å². The highest BCUT2D eigenvalue weighted by molar-refractivity contribution is 7.09. The van der Waals surface area contributed by atoms with Crippen LogP contribution < -0.4 is 4.74 Å². The number of aryl methyl sites for hydroxylation is 1. The van der Waals surface area contributed by atoms with Gasteiger partial charge in [-0.1, -0.05) is 18.2 Å². The Hall–Kier alpha value is -1.96. The van der Waals surface area contributed by atoms with E-state index in [4.69, 9.17) is 9.84 Å². The van der Waals surface area contributed by atoms with Crippen molar-refractivity contribution in [2.45, 2.75) is 20.0 Å². The normalized spacial score (nSPS) is 16.0. The fourth-order valence-electron chi connectivity index (χ4n) is 2.97. The summed E-state index contributed by atoms with van der Waals surface area (Å²) in [5, 5.41) is 12.0. The molecule has 0 spiro atoms. The van der Waals surface area contributed by atoms with Gasteiger partial charge < -0.3 is 9.84 Å².